The molecule has 1 aromatic heterocycles. The molecule has 1 unspecified atom stereocenters. The van der Waals surface area contributed by atoms with Gasteiger partial charge in [-0.25, -0.2) is 10.8 Å². The molecule has 0 spiro atoms. The Kier molecular flexibility index (Phi) is 2.90. The minimum absolute atomic E-state index is 0.306. The Morgan fingerprint density at radius 1 is 1.38 bits per heavy atom. The molecule has 1 saturated carbocycles. The summed E-state index contributed by atoms with van der Waals surface area (Å²) < 4.78 is 0. The van der Waals surface area contributed by atoms with E-state index < -0.39 is 0 Å². The van der Waals surface area contributed by atoms with Crippen LogP contribution in [-0.2, 0) is 0 Å². The Hall–Kier alpha value is -0.710. The second-order valence-electron chi connectivity index (χ2n) is 4.68. The fraction of sp³-hybridized carbons (Fsp3) is 0.500. The number of rotatable bonds is 3. The van der Waals surface area contributed by atoms with Crippen molar-refractivity contribution < 1.29 is 0 Å². The highest BCUT2D eigenvalue weighted by Gasteiger charge is 2.46. The highest BCUT2D eigenvalue weighted by atomic mass is 35.5. The fourth-order valence-electron chi connectivity index (χ4n) is 1.55. The van der Waals surface area contributed by atoms with Crippen molar-refractivity contribution in [3.63, 3.8) is 0 Å². The molecule has 16 heavy (non-hydrogen) atoms. The van der Waals surface area contributed by atoms with Gasteiger partial charge in [0.1, 0.15) is 5.82 Å². The summed E-state index contributed by atoms with van der Waals surface area (Å²) >= 11 is 11.9. The topological polar surface area (TPSA) is 63.0 Å². The van der Waals surface area contributed by atoms with E-state index in [2.05, 4.69) is 29.6 Å². The number of nitrogen functional groups attached to an aromatic ring is 1. The van der Waals surface area contributed by atoms with Gasteiger partial charge in [-0.15, -0.1) is 0 Å². The average molecular weight is 261 g/mol. The number of hydrogen-bond donors (Lipinski definition) is 3. The van der Waals surface area contributed by atoms with E-state index in [1.54, 1.807) is 6.07 Å². The summed E-state index contributed by atoms with van der Waals surface area (Å²) in [4.78, 5) is 4.22. The third-order valence-corrected chi connectivity index (χ3v) is 3.47. The van der Waals surface area contributed by atoms with Gasteiger partial charge >= 0.3 is 0 Å². The number of halogens is 2. The van der Waals surface area contributed by atoms with Crippen LogP contribution >= 0.6 is 23.2 Å². The summed E-state index contributed by atoms with van der Waals surface area (Å²) in [6, 6.07) is 2.03. The van der Waals surface area contributed by atoms with Crippen molar-refractivity contribution in [1.82, 2.24) is 4.98 Å². The zero-order chi connectivity index (χ0) is 11.9. The highest BCUT2D eigenvalue weighted by molar-refractivity contribution is 6.37. The Bertz CT molecular complexity index is 420. The van der Waals surface area contributed by atoms with E-state index in [1.165, 1.54) is 0 Å². The lowest BCUT2D eigenvalue weighted by molar-refractivity contribution is 0.630. The molecule has 0 saturated heterocycles. The zero-order valence-corrected chi connectivity index (χ0v) is 10.7. The predicted molar refractivity (Wildman–Crippen MR) is 67.9 cm³/mol. The van der Waals surface area contributed by atoms with Crippen LogP contribution in [0, 0.1) is 5.41 Å². The minimum Gasteiger partial charge on any atom is -0.365 e. The molecule has 0 radical (unpaired) electrons. The van der Waals surface area contributed by atoms with E-state index in [-0.39, 0.29) is 0 Å². The first-order chi connectivity index (χ1) is 7.44. The smallest absolute Gasteiger partial charge is 0.161 e. The van der Waals surface area contributed by atoms with Gasteiger partial charge in [-0.1, -0.05) is 37.0 Å². The van der Waals surface area contributed by atoms with Crippen molar-refractivity contribution in [3.05, 3.63) is 16.1 Å². The summed E-state index contributed by atoms with van der Waals surface area (Å²) in [7, 11) is 0. The lowest BCUT2D eigenvalue weighted by Crippen LogP contribution is -2.13. The van der Waals surface area contributed by atoms with Crippen LogP contribution in [0.15, 0.2) is 6.07 Å². The quantitative estimate of drug-likeness (QED) is 0.578. The molecule has 88 valence electrons. The summed E-state index contributed by atoms with van der Waals surface area (Å²) in [6.45, 7) is 4.38. The number of aromatic nitrogens is 1. The van der Waals surface area contributed by atoms with E-state index in [1.807, 2.05) is 0 Å². The molecule has 1 fully saturated rings. The third kappa shape index (κ3) is 2.19. The molecule has 4 nitrogen and oxygen atoms in total. The molecule has 1 aliphatic rings. The van der Waals surface area contributed by atoms with Crippen molar-refractivity contribution >= 4 is 34.8 Å². The normalized spacial score (nSPS) is 21.7. The molecule has 1 aliphatic carbocycles. The Morgan fingerprint density at radius 2 is 1.94 bits per heavy atom. The van der Waals surface area contributed by atoms with Crippen LogP contribution in [-0.4, -0.2) is 11.0 Å². The van der Waals surface area contributed by atoms with E-state index >= 15 is 0 Å². The van der Waals surface area contributed by atoms with E-state index in [0.717, 1.165) is 6.42 Å². The van der Waals surface area contributed by atoms with Gasteiger partial charge in [0.2, 0.25) is 0 Å². The standard InChI is InChI=1S/C10H14Cl2N4/c1-10(2)4-7(10)14-8-5(11)3-6(12)9(15-8)16-13/h3,7H,4,13H2,1-2H3,(H2,14,15,16). The van der Waals surface area contributed by atoms with Crippen molar-refractivity contribution in [2.24, 2.45) is 11.3 Å². The second-order valence-corrected chi connectivity index (χ2v) is 5.50. The first kappa shape index (κ1) is 11.8. The van der Waals surface area contributed by atoms with Crippen molar-refractivity contribution in [1.29, 1.82) is 0 Å². The van der Waals surface area contributed by atoms with Crippen LogP contribution in [0.2, 0.25) is 10.0 Å². The van der Waals surface area contributed by atoms with Crippen LogP contribution in [0.5, 0.6) is 0 Å². The molecule has 1 heterocycles. The number of pyridine rings is 1. The van der Waals surface area contributed by atoms with Gasteiger partial charge in [0.05, 0.1) is 10.0 Å². The molecule has 0 aromatic carbocycles. The number of nitrogens with zero attached hydrogens (tertiary/aromatic N) is 1. The highest BCUT2D eigenvalue weighted by Crippen LogP contribution is 2.47. The Morgan fingerprint density at radius 3 is 2.44 bits per heavy atom. The molecule has 0 bridgehead atoms. The maximum Gasteiger partial charge on any atom is 0.161 e. The fourth-order valence-corrected chi connectivity index (χ4v) is 2.02. The Labute approximate surface area is 104 Å². The SMILES string of the molecule is CC1(C)CC1Nc1nc(NN)c(Cl)cc1Cl. The first-order valence-electron chi connectivity index (χ1n) is 5.03. The van der Waals surface area contributed by atoms with Gasteiger partial charge in [0, 0.05) is 6.04 Å². The first-order valence-corrected chi connectivity index (χ1v) is 5.79. The average Bonchev–Trinajstić information content (AvgIpc) is 2.78. The van der Waals surface area contributed by atoms with Crippen LogP contribution in [0.4, 0.5) is 11.6 Å². The molecule has 1 atom stereocenters. The minimum atomic E-state index is 0.306. The summed E-state index contributed by atoms with van der Waals surface area (Å²) in [5, 5.41) is 4.20. The van der Waals surface area contributed by atoms with Gasteiger partial charge < -0.3 is 10.7 Å². The van der Waals surface area contributed by atoms with Gasteiger partial charge in [0.25, 0.3) is 0 Å². The van der Waals surface area contributed by atoms with Gasteiger partial charge in [0.15, 0.2) is 5.82 Å². The molecule has 0 amide bonds. The number of nitrogens with two attached hydrogens (primary N) is 1. The number of anilines is 2. The molecular formula is C10H14Cl2N4. The zero-order valence-electron chi connectivity index (χ0n) is 9.14. The van der Waals surface area contributed by atoms with E-state index in [4.69, 9.17) is 29.0 Å². The summed E-state index contributed by atoms with van der Waals surface area (Å²) in [6.07, 6.45) is 1.11. The van der Waals surface area contributed by atoms with Crippen molar-refractivity contribution in [3.8, 4) is 0 Å². The Balaban J connectivity index is 2.21. The monoisotopic (exact) mass is 260 g/mol. The lowest BCUT2D eigenvalue weighted by Gasteiger charge is -2.11. The third-order valence-electron chi connectivity index (χ3n) is 2.89. The second kappa shape index (κ2) is 3.95. The molecular weight excluding hydrogens is 247 g/mol. The number of hydrazine groups is 1. The molecule has 6 heteroatoms. The number of nitrogens with one attached hydrogen (secondary N) is 2. The predicted octanol–water partition coefficient (Wildman–Crippen LogP) is 2.88. The van der Waals surface area contributed by atoms with Crippen molar-refractivity contribution in [2.75, 3.05) is 10.7 Å². The molecule has 0 aliphatic heterocycles. The number of hydrogen-bond acceptors (Lipinski definition) is 4. The van der Waals surface area contributed by atoms with Crippen LogP contribution < -0.4 is 16.6 Å². The van der Waals surface area contributed by atoms with Gasteiger partial charge in [-0.05, 0) is 17.9 Å². The molecule has 2 rings (SSSR count). The lowest BCUT2D eigenvalue weighted by atomic mass is 10.2. The maximum atomic E-state index is 6.05. The summed E-state index contributed by atoms with van der Waals surface area (Å²) in [5.41, 5.74) is 2.74. The van der Waals surface area contributed by atoms with E-state index in [9.17, 15) is 0 Å². The van der Waals surface area contributed by atoms with Gasteiger partial charge in [-0.2, -0.15) is 0 Å². The molecule has 4 N–H and O–H groups in total. The largest absolute Gasteiger partial charge is 0.365 e. The van der Waals surface area contributed by atoms with E-state index in [0.29, 0.717) is 33.1 Å². The van der Waals surface area contributed by atoms with Crippen LogP contribution in [0.1, 0.15) is 20.3 Å². The van der Waals surface area contributed by atoms with Crippen LogP contribution in [0.25, 0.3) is 0 Å². The van der Waals surface area contributed by atoms with Gasteiger partial charge in [-0.3, -0.25) is 0 Å². The molecule has 1 aromatic rings. The van der Waals surface area contributed by atoms with Crippen molar-refractivity contribution in [2.45, 2.75) is 26.3 Å². The maximum absolute atomic E-state index is 6.05. The van der Waals surface area contributed by atoms with Crippen LogP contribution in [0.3, 0.4) is 0 Å². The summed E-state index contributed by atoms with van der Waals surface area (Å²) in [5.74, 6) is 6.34.